The normalized spacial score (nSPS) is 15.3. The third kappa shape index (κ3) is 34.6. The van der Waals surface area contributed by atoms with Gasteiger partial charge in [-0.05, 0) is 64.7 Å². The van der Waals surface area contributed by atoms with E-state index in [1.807, 2.05) is 40.2 Å². The summed E-state index contributed by atoms with van der Waals surface area (Å²) in [6.45, 7) is 4.49. The van der Waals surface area contributed by atoms with Gasteiger partial charge in [0.1, 0.15) is 13.2 Å². The molecule has 0 saturated carbocycles. The van der Waals surface area contributed by atoms with Gasteiger partial charge in [0.2, 0.25) is 5.91 Å². The number of nitrogens with one attached hydrogen (secondary N) is 1. The van der Waals surface area contributed by atoms with E-state index in [1.165, 1.54) is 77.0 Å². The summed E-state index contributed by atoms with van der Waals surface area (Å²) in [5.41, 5.74) is 0. The maximum absolute atomic E-state index is 12.8. The second-order valence-corrected chi connectivity index (χ2v) is 15.8. The van der Waals surface area contributed by atoms with Crippen LogP contribution < -0.4 is 5.32 Å². The Bertz CT molecular complexity index is 1000. The summed E-state index contributed by atoms with van der Waals surface area (Å²) in [6, 6.07) is -0.870. The van der Waals surface area contributed by atoms with Crippen LogP contribution in [0.15, 0.2) is 60.8 Å². The predicted molar refractivity (Wildman–Crippen MR) is 212 cm³/mol. The molecule has 0 aliphatic carbocycles. The number of nitrogens with zero attached hydrogens (tertiary/aromatic N) is 1. The second kappa shape index (κ2) is 33.1. The first-order valence-corrected chi connectivity index (χ1v) is 21.1. The summed E-state index contributed by atoms with van der Waals surface area (Å²) >= 11 is 0. The fourth-order valence-electron chi connectivity index (χ4n) is 5.13. The monoisotopic (exact) mass is 724 g/mol. The van der Waals surface area contributed by atoms with Crippen LogP contribution >= 0.6 is 7.82 Å². The molecule has 0 aromatic carbocycles. The van der Waals surface area contributed by atoms with Crippen LogP contribution in [-0.2, 0) is 18.4 Å². The first-order chi connectivity index (χ1) is 24.0. The molecular formula is C41H76N2O6P+. The second-order valence-electron chi connectivity index (χ2n) is 14.3. The number of hydrogen-bond donors (Lipinski definition) is 3. The van der Waals surface area contributed by atoms with Crippen LogP contribution in [0.3, 0.4) is 0 Å². The molecule has 0 heterocycles. The van der Waals surface area contributed by atoms with Crippen molar-refractivity contribution in [1.82, 2.24) is 5.32 Å². The number of phosphoric acid groups is 1. The standard InChI is InChI=1S/C41H75N2O6P/c1-6-8-10-12-14-16-17-18-19-20-21-22-23-24-25-27-29-31-33-35-41(45)42-39(38-49-50(46,47)48-37-36-43(3,4)5)40(44)34-32-30-28-26-15-13-11-9-7-2/h7,9,14-18,26,32,34,39-40,44H,6,8,10-13,19-25,27-31,33,35-38H2,1-5H3,(H-,42,45,46,47)/p+1/b9-7+,16-14-,18-17-,26-15+,34-32+. The summed E-state index contributed by atoms with van der Waals surface area (Å²) in [6.07, 6.45) is 41.7. The van der Waals surface area contributed by atoms with Crippen molar-refractivity contribution in [3.63, 3.8) is 0 Å². The first kappa shape index (κ1) is 48.2. The number of aliphatic hydroxyl groups is 1. The Morgan fingerprint density at radius 1 is 0.720 bits per heavy atom. The Hall–Kier alpha value is -1.80. The summed E-state index contributed by atoms with van der Waals surface area (Å²) in [4.78, 5) is 23.0. The Kier molecular flexibility index (Phi) is 31.9. The minimum Gasteiger partial charge on any atom is -0.387 e. The van der Waals surface area contributed by atoms with Gasteiger partial charge in [-0.2, -0.15) is 0 Å². The van der Waals surface area contributed by atoms with Crippen LogP contribution in [0.1, 0.15) is 142 Å². The van der Waals surface area contributed by atoms with Gasteiger partial charge in [0, 0.05) is 6.42 Å². The molecule has 0 bridgehead atoms. The van der Waals surface area contributed by atoms with Crippen molar-refractivity contribution in [1.29, 1.82) is 0 Å². The predicted octanol–water partition coefficient (Wildman–Crippen LogP) is 10.3. The number of phosphoric ester groups is 1. The van der Waals surface area contributed by atoms with Crippen LogP contribution in [0.2, 0.25) is 0 Å². The van der Waals surface area contributed by atoms with Crippen molar-refractivity contribution < 1.29 is 32.9 Å². The van der Waals surface area contributed by atoms with E-state index in [9.17, 15) is 19.4 Å². The van der Waals surface area contributed by atoms with E-state index in [2.05, 4.69) is 54.8 Å². The van der Waals surface area contributed by atoms with Crippen LogP contribution in [0.5, 0.6) is 0 Å². The zero-order valence-electron chi connectivity index (χ0n) is 32.6. The van der Waals surface area contributed by atoms with E-state index < -0.39 is 20.0 Å². The lowest BCUT2D eigenvalue weighted by Crippen LogP contribution is -2.45. The highest BCUT2D eigenvalue weighted by molar-refractivity contribution is 7.47. The Morgan fingerprint density at radius 3 is 1.80 bits per heavy atom. The van der Waals surface area contributed by atoms with E-state index in [0.717, 1.165) is 44.9 Å². The smallest absolute Gasteiger partial charge is 0.387 e. The molecule has 0 rings (SSSR count). The molecule has 50 heavy (non-hydrogen) atoms. The maximum Gasteiger partial charge on any atom is 0.472 e. The van der Waals surface area contributed by atoms with E-state index in [0.29, 0.717) is 17.4 Å². The highest BCUT2D eigenvalue weighted by atomic mass is 31.2. The zero-order valence-corrected chi connectivity index (χ0v) is 33.5. The van der Waals surface area contributed by atoms with Crippen molar-refractivity contribution in [2.24, 2.45) is 0 Å². The van der Waals surface area contributed by atoms with Gasteiger partial charge in [0.05, 0.1) is 39.9 Å². The number of carbonyl (C=O) groups excluding carboxylic acids is 1. The van der Waals surface area contributed by atoms with Crippen molar-refractivity contribution >= 4 is 13.7 Å². The number of likely N-dealkylation sites (N-methyl/N-ethyl adjacent to an activating group) is 1. The Morgan fingerprint density at radius 2 is 1.24 bits per heavy atom. The van der Waals surface area contributed by atoms with Gasteiger partial charge in [-0.25, -0.2) is 4.57 Å². The molecule has 0 saturated heterocycles. The highest BCUT2D eigenvalue weighted by Crippen LogP contribution is 2.43. The number of aliphatic hydroxyl groups excluding tert-OH is 1. The molecule has 9 heteroatoms. The summed E-state index contributed by atoms with van der Waals surface area (Å²) in [5, 5.41) is 13.7. The van der Waals surface area contributed by atoms with Gasteiger partial charge in [-0.15, -0.1) is 0 Å². The molecule has 3 N–H and O–H groups in total. The van der Waals surface area contributed by atoms with Crippen LogP contribution in [-0.4, -0.2) is 73.4 Å². The van der Waals surface area contributed by atoms with E-state index in [4.69, 9.17) is 9.05 Å². The quantitative estimate of drug-likeness (QED) is 0.0201. The molecule has 0 radical (unpaired) electrons. The third-order valence-corrected chi connectivity index (χ3v) is 9.29. The summed E-state index contributed by atoms with van der Waals surface area (Å²) in [7, 11) is 1.53. The zero-order chi connectivity index (χ0) is 37.2. The molecule has 3 atom stereocenters. The molecule has 0 fully saturated rings. The van der Waals surface area contributed by atoms with Crippen molar-refractivity contribution in [2.75, 3.05) is 40.9 Å². The first-order valence-electron chi connectivity index (χ1n) is 19.6. The van der Waals surface area contributed by atoms with Gasteiger partial charge in [0.25, 0.3) is 0 Å². The van der Waals surface area contributed by atoms with Gasteiger partial charge in [-0.1, -0.05) is 132 Å². The molecule has 290 valence electrons. The minimum absolute atomic E-state index is 0.0500. The fraction of sp³-hybridized carbons (Fsp3) is 0.732. The molecule has 8 nitrogen and oxygen atoms in total. The molecular weight excluding hydrogens is 647 g/mol. The Labute approximate surface area is 307 Å². The van der Waals surface area contributed by atoms with E-state index >= 15 is 0 Å². The number of rotatable bonds is 34. The van der Waals surface area contributed by atoms with Crippen LogP contribution in [0.4, 0.5) is 0 Å². The summed E-state index contributed by atoms with van der Waals surface area (Å²) < 4.78 is 23.4. The van der Waals surface area contributed by atoms with Gasteiger partial charge in [-0.3, -0.25) is 13.8 Å². The van der Waals surface area contributed by atoms with Crippen molar-refractivity contribution in [2.45, 2.75) is 154 Å². The molecule has 0 spiro atoms. The van der Waals surface area contributed by atoms with E-state index in [1.54, 1.807) is 6.08 Å². The lowest BCUT2D eigenvalue weighted by molar-refractivity contribution is -0.870. The van der Waals surface area contributed by atoms with Gasteiger partial charge >= 0.3 is 7.82 Å². The highest BCUT2D eigenvalue weighted by Gasteiger charge is 2.27. The lowest BCUT2D eigenvalue weighted by atomic mass is 10.0. The maximum atomic E-state index is 12.8. The minimum atomic E-state index is -4.34. The van der Waals surface area contributed by atoms with Crippen molar-refractivity contribution in [3.8, 4) is 0 Å². The molecule has 0 aromatic rings. The topological polar surface area (TPSA) is 105 Å². The number of amides is 1. The number of allylic oxidation sites excluding steroid dienone is 9. The van der Waals surface area contributed by atoms with Gasteiger partial charge in [0.15, 0.2) is 0 Å². The van der Waals surface area contributed by atoms with Gasteiger partial charge < -0.3 is 19.8 Å². The Balaban J connectivity index is 4.41. The third-order valence-electron chi connectivity index (χ3n) is 8.31. The molecule has 1 amide bonds. The average molecular weight is 724 g/mol. The average Bonchev–Trinajstić information content (AvgIpc) is 3.06. The number of hydrogen-bond acceptors (Lipinski definition) is 5. The molecule has 0 aliphatic heterocycles. The molecule has 3 unspecified atom stereocenters. The largest absolute Gasteiger partial charge is 0.472 e. The van der Waals surface area contributed by atoms with E-state index in [-0.39, 0.29) is 19.1 Å². The molecule has 0 aromatic heterocycles. The lowest BCUT2D eigenvalue weighted by Gasteiger charge is -2.25. The van der Waals surface area contributed by atoms with Crippen LogP contribution in [0, 0.1) is 0 Å². The van der Waals surface area contributed by atoms with Crippen LogP contribution in [0.25, 0.3) is 0 Å². The molecule has 0 aliphatic rings. The SMILES string of the molecule is C/C=C/CC/C=C/CC/C=C/C(O)C(COP(=O)(O)OCC[N+](C)(C)C)NC(=O)CCCCCCCCCCCC/C=C\C=C/CCCCC. The van der Waals surface area contributed by atoms with Crippen molar-refractivity contribution in [3.05, 3.63) is 60.8 Å². The fourth-order valence-corrected chi connectivity index (χ4v) is 5.86. The summed E-state index contributed by atoms with van der Waals surface area (Å²) in [5.74, 6) is -0.202. The number of unbranched alkanes of at least 4 members (excludes halogenated alkanes) is 15. The number of quaternary nitrogens is 1. The number of carbonyl (C=O) groups is 1.